The van der Waals surface area contributed by atoms with Gasteiger partial charge in [-0.1, -0.05) is 13.8 Å². The van der Waals surface area contributed by atoms with Gasteiger partial charge in [0.2, 0.25) is 5.95 Å². The number of carboxylic acids is 1. The summed E-state index contributed by atoms with van der Waals surface area (Å²) in [6.07, 6.45) is 5.33. The van der Waals surface area contributed by atoms with Gasteiger partial charge in [0.15, 0.2) is 0 Å². The molecule has 0 radical (unpaired) electrons. The first-order chi connectivity index (χ1) is 8.42. The second-order valence-electron chi connectivity index (χ2n) is 5.59. The van der Waals surface area contributed by atoms with Gasteiger partial charge < -0.3 is 10.0 Å². The number of aromatic nitrogens is 2. The number of carboxylic acid groups (broad SMARTS) is 1. The topological polar surface area (TPSA) is 66.3 Å². The van der Waals surface area contributed by atoms with Gasteiger partial charge in [0.1, 0.15) is 6.04 Å². The van der Waals surface area contributed by atoms with Gasteiger partial charge in [0.25, 0.3) is 0 Å². The molecule has 98 valence electrons. The Balaban J connectivity index is 2.35. The van der Waals surface area contributed by atoms with Crippen LogP contribution in [0.5, 0.6) is 0 Å². The summed E-state index contributed by atoms with van der Waals surface area (Å²) in [4.78, 5) is 21.8. The highest BCUT2D eigenvalue weighted by Gasteiger charge is 2.43. The van der Waals surface area contributed by atoms with Crippen molar-refractivity contribution in [2.45, 2.75) is 39.7 Å². The number of aliphatic carboxylic acids is 1. The highest BCUT2D eigenvalue weighted by Crippen LogP contribution is 2.36. The van der Waals surface area contributed by atoms with Crippen LogP contribution in [-0.2, 0) is 4.79 Å². The summed E-state index contributed by atoms with van der Waals surface area (Å²) in [7, 11) is 0. The molecule has 1 aromatic heterocycles. The first-order valence-electron chi connectivity index (χ1n) is 6.20. The zero-order chi connectivity index (χ0) is 13.3. The predicted molar refractivity (Wildman–Crippen MR) is 68.6 cm³/mol. The van der Waals surface area contributed by atoms with Gasteiger partial charge in [0, 0.05) is 18.9 Å². The lowest BCUT2D eigenvalue weighted by Gasteiger charge is -2.43. The Hall–Kier alpha value is -1.65. The lowest BCUT2D eigenvalue weighted by atomic mass is 9.76. The van der Waals surface area contributed by atoms with Crippen molar-refractivity contribution in [2.24, 2.45) is 5.41 Å². The van der Waals surface area contributed by atoms with E-state index in [4.69, 9.17) is 0 Å². The summed E-state index contributed by atoms with van der Waals surface area (Å²) < 4.78 is 0. The van der Waals surface area contributed by atoms with Crippen molar-refractivity contribution < 1.29 is 9.90 Å². The number of carbonyl (C=O) groups is 1. The number of nitrogens with zero attached hydrogens (tertiary/aromatic N) is 3. The number of rotatable bonds is 2. The van der Waals surface area contributed by atoms with E-state index in [1.165, 1.54) is 0 Å². The minimum absolute atomic E-state index is 0.266. The molecule has 2 rings (SSSR count). The average molecular weight is 249 g/mol. The molecule has 0 bridgehead atoms. The number of anilines is 1. The van der Waals surface area contributed by atoms with Gasteiger partial charge >= 0.3 is 5.97 Å². The van der Waals surface area contributed by atoms with E-state index in [-0.39, 0.29) is 5.41 Å². The van der Waals surface area contributed by atoms with Crippen molar-refractivity contribution in [1.29, 1.82) is 0 Å². The maximum Gasteiger partial charge on any atom is 0.326 e. The first kappa shape index (κ1) is 12.8. The van der Waals surface area contributed by atoms with E-state index in [9.17, 15) is 9.90 Å². The SMILES string of the molecule is Cc1cnc(N2CCCC(C)(C)C2C(=O)O)nc1. The van der Waals surface area contributed by atoms with Crippen molar-refractivity contribution in [3.63, 3.8) is 0 Å². The third kappa shape index (κ3) is 2.30. The van der Waals surface area contributed by atoms with Crippen LogP contribution in [0.4, 0.5) is 5.95 Å². The van der Waals surface area contributed by atoms with Gasteiger partial charge in [-0.15, -0.1) is 0 Å². The Morgan fingerprint density at radius 1 is 1.44 bits per heavy atom. The molecule has 1 saturated heterocycles. The summed E-state index contributed by atoms with van der Waals surface area (Å²) in [5, 5.41) is 9.46. The van der Waals surface area contributed by atoms with E-state index in [0.717, 1.165) is 18.4 Å². The highest BCUT2D eigenvalue weighted by atomic mass is 16.4. The Labute approximate surface area is 107 Å². The largest absolute Gasteiger partial charge is 0.480 e. The zero-order valence-corrected chi connectivity index (χ0v) is 11.1. The summed E-state index contributed by atoms with van der Waals surface area (Å²) in [6, 6.07) is -0.561. The van der Waals surface area contributed by atoms with E-state index < -0.39 is 12.0 Å². The van der Waals surface area contributed by atoms with E-state index in [2.05, 4.69) is 9.97 Å². The molecule has 1 atom stereocenters. The van der Waals surface area contributed by atoms with Crippen molar-refractivity contribution in [3.05, 3.63) is 18.0 Å². The molecule has 0 aromatic carbocycles. The van der Waals surface area contributed by atoms with Crippen LogP contribution < -0.4 is 4.90 Å². The Kier molecular flexibility index (Phi) is 3.24. The smallest absolute Gasteiger partial charge is 0.326 e. The van der Waals surface area contributed by atoms with E-state index in [1.54, 1.807) is 12.4 Å². The molecule has 0 spiro atoms. The molecule has 0 saturated carbocycles. The molecule has 2 heterocycles. The lowest BCUT2D eigenvalue weighted by molar-refractivity contribution is -0.142. The lowest BCUT2D eigenvalue weighted by Crippen LogP contribution is -2.55. The standard InChI is InChI=1S/C13H19N3O2/c1-9-7-14-12(15-8-9)16-6-4-5-13(2,3)10(16)11(17)18/h7-8,10H,4-6H2,1-3H3,(H,17,18). The monoisotopic (exact) mass is 249 g/mol. The molecule has 1 N–H and O–H groups in total. The van der Waals surface area contributed by atoms with Crippen molar-refractivity contribution >= 4 is 11.9 Å². The number of aryl methyl sites for hydroxylation is 1. The Morgan fingerprint density at radius 2 is 2.06 bits per heavy atom. The molecular formula is C13H19N3O2. The molecule has 1 aliphatic rings. The summed E-state index contributed by atoms with van der Waals surface area (Å²) in [6.45, 7) is 6.60. The normalized spacial score (nSPS) is 22.8. The van der Waals surface area contributed by atoms with Crippen LogP contribution in [0.25, 0.3) is 0 Å². The first-order valence-corrected chi connectivity index (χ1v) is 6.20. The number of hydrogen-bond acceptors (Lipinski definition) is 4. The van der Waals surface area contributed by atoms with Crippen molar-refractivity contribution in [3.8, 4) is 0 Å². The maximum absolute atomic E-state index is 11.5. The van der Waals surface area contributed by atoms with Crippen molar-refractivity contribution in [2.75, 3.05) is 11.4 Å². The van der Waals surface area contributed by atoms with E-state index >= 15 is 0 Å². The fraction of sp³-hybridized carbons (Fsp3) is 0.615. The molecule has 18 heavy (non-hydrogen) atoms. The molecule has 1 aliphatic heterocycles. The quantitative estimate of drug-likeness (QED) is 0.866. The van der Waals surface area contributed by atoms with E-state index in [0.29, 0.717) is 12.5 Å². The van der Waals surface area contributed by atoms with Crippen LogP contribution in [0.2, 0.25) is 0 Å². The molecule has 5 nitrogen and oxygen atoms in total. The van der Waals surface area contributed by atoms with Crippen LogP contribution in [0.15, 0.2) is 12.4 Å². The second-order valence-corrected chi connectivity index (χ2v) is 5.59. The summed E-state index contributed by atoms with van der Waals surface area (Å²) in [5.74, 6) is -0.287. The van der Waals surface area contributed by atoms with Crippen LogP contribution in [-0.4, -0.2) is 33.6 Å². The summed E-state index contributed by atoms with van der Waals surface area (Å²) >= 11 is 0. The van der Waals surface area contributed by atoms with Gasteiger partial charge in [-0.05, 0) is 30.7 Å². The summed E-state index contributed by atoms with van der Waals surface area (Å²) in [5.41, 5.74) is 0.708. The highest BCUT2D eigenvalue weighted by molar-refractivity contribution is 5.78. The molecule has 5 heteroatoms. The molecule has 1 fully saturated rings. The van der Waals surface area contributed by atoms with Crippen molar-refractivity contribution in [1.82, 2.24) is 9.97 Å². The second kappa shape index (κ2) is 4.55. The van der Waals surface area contributed by atoms with Gasteiger partial charge in [0.05, 0.1) is 0 Å². The van der Waals surface area contributed by atoms with Crippen LogP contribution >= 0.6 is 0 Å². The third-order valence-electron chi connectivity index (χ3n) is 3.53. The zero-order valence-electron chi connectivity index (χ0n) is 11.1. The Bertz CT molecular complexity index is 442. The number of hydrogen-bond donors (Lipinski definition) is 1. The molecule has 0 aliphatic carbocycles. The third-order valence-corrected chi connectivity index (χ3v) is 3.53. The van der Waals surface area contributed by atoms with Gasteiger partial charge in [-0.3, -0.25) is 0 Å². The average Bonchev–Trinajstić information content (AvgIpc) is 2.27. The van der Waals surface area contributed by atoms with Crippen LogP contribution in [0.3, 0.4) is 0 Å². The van der Waals surface area contributed by atoms with Crippen LogP contribution in [0.1, 0.15) is 32.3 Å². The van der Waals surface area contributed by atoms with Gasteiger partial charge in [-0.2, -0.15) is 0 Å². The molecule has 1 aromatic rings. The Morgan fingerprint density at radius 3 is 2.61 bits per heavy atom. The van der Waals surface area contributed by atoms with Gasteiger partial charge in [-0.25, -0.2) is 14.8 Å². The minimum Gasteiger partial charge on any atom is -0.480 e. The molecule has 0 amide bonds. The van der Waals surface area contributed by atoms with Crippen LogP contribution in [0, 0.1) is 12.3 Å². The molecule has 1 unspecified atom stereocenters. The predicted octanol–water partition coefficient (Wildman–Crippen LogP) is 1.86. The fourth-order valence-corrected chi connectivity index (χ4v) is 2.61. The number of piperidine rings is 1. The maximum atomic E-state index is 11.5. The fourth-order valence-electron chi connectivity index (χ4n) is 2.61. The minimum atomic E-state index is -0.802. The van der Waals surface area contributed by atoms with E-state index in [1.807, 2.05) is 25.7 Å². The molecular weight excluding hydrogens is 230 g/mol.